The summed E-state index contributed by atoms with van der Waals surface area (Å²) >= 11 is 0. The van der Waals surface area contributed by atoms with Gasteiger partial charge >= 0.3 is 0 Å². The topological polar surface area (TPSA) is 43.9 Å². The molecule has 0 N–H and O–H groups in total. The van der Waals surface area contributed by atoms with Crippen LogP contribution in [0, 0.1) is 0 Å². The van der Waals surface area contributed by atoms with Gasteiger partial charge in [0.05, 0.1) is 16.6 Å². The Kier molecular flexibility index (Phi) is 4.80. The molecule has 3 heterocycles. The molecule has 1 aliphatic rings. The van der Waals surface area contributed by atoms with Crippen molar-refractivity contribution in [1.82, 2.24) is 14.5 Å². The summed E-state index contributed by atoms with van der Waals surface area (Å²) in [5.74, 6) is 1.58. The minimum absolute atomic E-state index is 0.709. The maximum Gasteiger partial charge on any atom is 0.162 e. The van der Waals surface area contributed by atoms with Crippen molar-refractivity contribution in [3.8, 4) is 17.2 Å². The van der Waals surface area contributed by atoms with Crippen molar-refractivity contribution in [2.45, 2.75) is 12.8 Å². The predicted molar refractivity (Wildman–Crippen MR) is 181 cm³/mol. The summed E-state index contributed by atoms with van der Waals surface area (Å²) in [5, 5.41) is 8.11. The molecule has 9 aromatic rings. The number of nitrogens with zero attached hydrogens (tertiary/aromatic N) is 3. The Hall–Kier alpha value is -5.74. The molecule has 0 saturated heterocycles. The average Bonchev–Trinajstić information content (AvgIpc) is 3.65. The molecule has 0 bridgehead atoms. The predicted octanol–water partition coefficient (Wildman–Crippen LogP) is 10.4. The van der Waals surface area contributed by atoms with E-state index < -0.39 is 0 Å². The van der Waals surface area contributed by atoms with Crippen LogP contribution in [0.1, 0.15) is 17.5 Å². The van der Waals surface area contributed by atoms with Crippen LogP contribution < -0.4 is 0 Å². The number of allylic oxidation sites excluding steroid dienone is 1. The lowest BCUT2D eigenvalue weighted by atomic mass is 9.93. The number of hydrogen-bond acceptors (Lipinski definition) is 3. The van der Waals surface area contributed by atoms with Crippen LogP contribution in [0.5, 0.6) is 0 Å². The number of benzene rings is 6. The highest BCUT2D eigenvalue weighted by molar-refractivity contribution is 6.35. The molecular formula is C40H25N3O. The van der Waals surface area contributed by atoms with E-state index in [9.17, 15) is 0 Å². The molecule has 0 amide bonds. The van der Waals surface area contributed by atoms with E-state index in [1.807, 2.05) is 24.3 Å². The molecule has 0 atom stereocenters. The summed E-state index contributed by atoms with van der Waals surface area (Å²) in [4.78, 5) is 10.4. The fraction of sp³-hybridized carbons (Fsp3) is 0.0500. The number of aryl methyl sites for hydroxylation is 1. The molecule has 0 aliphatic heterocycles. The SMILES string of the molecule is C1=Cc2ccc3c4c5ccccc5c5c6ccccc6oc5c4n(-c4nc(-c5ccccc5)nc5ccccc45)c3c2CC1. The van der Waals surface area contributed by atoms with E-state index in [-0.39, 0.29) is 0 Å². The van der Waals surface area contributed by atoms with Crippen LogP contribution in [0.15, 0.2) is 126 Å². The summed E-state index contributed by atoms with van der Waals surface area (Å²) in [6.45, 7) is 0. The van der Waals surface area contributed by atoms with Crippen LogP contribution in [0.3, 0.4) is 0 Å². The molecule has 6 aromatic carbocycles. The molecule has 3 aromatic heterocycles. The van der Waals surface area contributed by atoms with Crippen molar-refractivity contribution in [2.75, 3.05) is 0 Å². The average molecular weight is 564 g/mol. The molecule has 0 fully saturated rings. The van der Waals surface area contributed by atoms with E-state index in [0.717, 1.165) is 62.6 Å². The van der Waals surface area contributed by atoms with Gasteiger partial charge in [0.1, 0.15) is 11.4 Å². The zero-order valence-corrected chi connectivity index (χ0v) is 23.8. The Morgan fingerprint density at radius 3 is 2.18 bits per heavy atom. The maximum absolute atomic E-state index is 6.86. The van der Waals surface area contributed by atoms with E-state index in [1.165, 1.54) is 38.2 Å². The number of furan rings is 1. The number of aromatic nitrogens is 3. The fourth-order valence-corrected chi connectivity index (χ4v) is 7.36. The van der Waals surface area contributed by atoms with E-state index in [2.05, 4.69) is 108 Å². The first-order chi connectivity index (χ1) is 21.8. The van der Waals surface area contributed by atoms with Gasteiger partial charge in [-0.05, 0) is 52.9 Å². The molecule has 10 rings (SSSR count). The van der Waals surface area contributed by atoms with Crippen LogP contribution in [-0.2, 0) is 6.42 Å². The highest BCUT2D eigenvalue weighted by Crippen LogP contribution is 2.47. The molecule has 206 valence electrons. The summed E-state index contributed by atoms with van der Waals surface area (Å²) in [7, 11) is 0. The maximum atomic E-state index is 6.86. The highest BCUT2D eigenvalue weighted by atomic mass is 16.3. The van der Waals surface area contributed by atoms with Crippen LogP contribution in [0.2, 0.25) is 0 Å². The standard InChI is InChI=1S/C40H25N3O/c1-2-13-25(14-3-1)39-41-32-20-10-8-18-29(32)40(42-39)43-36-26-15-5-4-12-24(26)22-23-31(36)34-27-16-6-7-17-28(27)35-30-19-9-11-21-33(30)44-38(35)37(34)43/h1-4,6-14,16-23H,5,15H2. The number of fused-ring (bicyclic) bond motifs is 13. The zero-order valence-electron chi connectivity index (χ0n) is 23.8. The second-order valence-electron chi connectivity index (χ2n) is 11.6. The van der Waals surface area contributed by atoms with Gasteiger partial charge in [-0.25, -0.2) is 9.97 Å². The van der Waals surface area contributed by atoms with Gasteiger partial charge in [0, 0.05) is 32.5 Å². The molecule has 4 heteroatoms. The fourth-order valence-electron chi connectivity index (χ4n) is 7.36. The molecular weight excluding hydrogens is 538 g/mol. The second kappa shape index (κ2) is 8.88. The van der Waals surface area contributed by atoms with Crippen molar-refractivity contribution >= 4 is 71.5 Å². The zero-order chi connectivity index (χ0) is 28.8. The lowest BCUT2D eigenvalue weighted by Crippen LogP contribution is -2.05. The number of rotatable bonds is 2. The third-order valence-corrected chi connectivity index (χ3v) is 9.23. The Morgan fingerprint density at radius 2 is 1.32 bits per heavy atom. The van der Waals surface area contributed by atoms with Gasteiger partial charge in [-0.2, -0.15) is 0 Å². The normalized spacial score (nSPS) is 13.2. The van der Waals surface area contributed by atoms with Crippen molar-refractivity contribution in [3.05, 3.63) is 132 Å². The highest BCUT2D eigenvalue weighted by Gasteiger charge is 2.27. The molecule has 0 saturated carbocycles. The van der Waals surface area contributed by atoms with Gasteiger partial charge in [0.15, 0.2) is 11.4 Å². The first kappa shape index (κ1) is 23.8. The minimum atomic E-state index is 0.709. The van der Waals surface area contributed by atoms with Gasteiger partial charge in [-0.3, -0.25) is 4.57 Å². The first-order valence-corrected chi connectivity index (χ1v) is 15.2. The quantitative estimate of drug-likeness (QED) is 0.210. The molecule has 4 nitrogen and oxygen atoms in total. The van der Waals surface area contributed by atoms with E-state index >= 15 is 0 Å². The molecule has 1 aliphatic carbocycles. The van der Waals surface area contributed by atoms with Crippen LogP contribution in [-0.4, -0.2) is 14.5 Å². The second-order valence-corrected chi connectivity index (χ2v) is 11.6. The van der Waals surface area contributed by atoms with Crippen LogP contribution in [0.4, 0.5) is 0 Å². The summed E-state index contributed by atoms with van der Waals surface area (Å²) in [6.07, 6.45) is 6.52. The summed E-state index contributed by atoms with van der Waals surface area (Å²) in [5.41, 5.74) is 8.54. The third-order valence-electron chi connectivity index (χ3n) is 9.23. The van der Waals surface area contributed by atoms with Crippen LogP contribution in [0.25, 0.3) is 88.7 Å². The summed E-state index contributed by atoms with van der Waals surface area (Å²) < 4.78 is 9.26. The Bertz CT molecular complexity index is 2660. The van der Waals surface area contributed by atoms with Crippen molar-refractivity contribution in [3.63, 3.8) is 0 Å². The number of para-hydroxylation sites is 2. The number of hydrogen-bond donors (Lipinski definition) is 0. The van der Waals surface area contributed by atoms with E-state index in [0.29, 0.717) is 5.82 Å². The smallest absolute Gasteiger partial charge is 0.162 e. The molecule has 0 unspecified atom stereocenters. The van der Waals surface area contributed by atoms with Crippen molar-refractivity contribution in [2.24, 2.45) is 0 Å². The first-order valence-electron chi connectivity index (χ1n) is 15.2. The van der Waals surface area contributed by atoms with E-state index in [4.69, 9.17) is 14.4 Å². The molecule has 0 radical (unpaired) electrons. The van der Waals surface area contributed by atoms with Gasteiger partial charge in [-0.15, -0.1) is 0 Å². The summed E-state index contributed by atoms with van der Waals surface area (Å²) in [6, 6.07) is 40.4. The van der Waals surface area contributed by atoms with E-state index in [1.54, 1.807) is 0 Å². The Labute approximate surface area is 252 Å². The Morgan fingerprint density at radius 1 is 0.591 bits per heavy atom. The molecule has 44 heavy (non-hydrogen) atoms. The third kappa shape index (κ3) is 3.17. The largest absolute Gasteiger partial charge is 0.454 e. The lowest BCUT2D eigenvalue weighted by molar-refractivity contribution is 0.671. The van der Waals surface area contributed by atoms with Gasteiger partial charge in [-0.1, -0.05) is 109 Å². The monoisotopic (exact) mass is 563 g/mol. The van der Waals surface area contributed by atoms with Gasteiger partial charge < -0.3 is 4.42 Å². The minimum Gasteiger partial charge on any atom is -0.454 e. The Balaban J connectivity index is 1.51. The van der Waals surface area contributed by atoms with Crippen LogP contribution >= 0.6 is 0 Å². The molecule has 0 spiro atoms. The van der Waals surface area contributed by atoms with Crippen molar-refractivity contribution in [1.29, 1.82) is 0 Å². The van der Waals surface area contributed by atoms with Gasteiger partial charge in [0.25, 0.3) is 0 Å². The van der Waals surface area contributed by atoms with Gasteiger partial charge in [0.2, 0.25) is 0 Å². The lowest BCUT2D eigenvalue weighted by Gasteiger charge is -2.17. The van der Waals surface area contributed by atoms with Crippen molar-refractivity contribution < 1.29 is 4.42 Å².